The van der Waals surface area contributed by atoms with Gasteiger partial charge in [0.05, 0.1) is 28.2 Å². The molecule has 0 saturated heterocycles. The second-order valence-corrected chi connectivity index (χ2v) is 6.17. The summed E-state index contributed by atoms with van der Waals surface area (Å²) in [7, 11) is 0. The first-order valence-corrected chi connectivity index (χ1v) is 7.54. The Kier molecular flexibility index (Phi) is 4.14. The van der Waals surface area contributed by atoms with Gasteiger partial charge in [-0.05, 0) is 12.5 Å². The number of alkyl halides is 3. The summed E-state index contributed by atoms with van der Waals surface area (Å²) in [6, 6.07) is 1.48. The Labute approximate surface area is 138 Å². The van der Waals surface area contributed by atoms with Gasteiger partial charge in [0.15, 0.2) is 0 Å². The topological polar surface area (TPSA) is 52.7 Å². The van der Waals surface area contributed by atoms with Gasteiger partial charge in [-0.3, -0.25) is 9.55 Å². The van der Waals surface area contributed by atoms with Crippen LogP contribution < -0.4 is 5.69 Å². The van der Waals surface area contributed by atoms with Crippen molar-refractivity contribution in [1.29, 1.82) is 0 Å². The van der Waals surface area contributed by atoms with Crippen molar-refractivity contribution in [3.63, 3.8) is 0 Å². The first-order chi connectivity index (χ1) is 10.8. The molecule has 0 fully saturated rings. The van der Waals surface area contributed by atoms with Gasteiger partial charge in [-0.1, -0.05) is 23.2 Å². The van der Waals surface area contributed by atoms with Crippen LogP contribution in [0.2, 0.25) is 10.0 Å². The highest BCUT2D eigenvalue weighted by molar-refractivity contribution is 6.34. The SMILES string of the molecule is O=c1n(Cc2ncc(Cl)cc2Cl)nc2n1C[C@H](C(F)(F)F)CC2. The molecule has 1 aliphatic heterocycles. The van der Waals surface area contributed by atoms with Gasteiger partial charge in [0.2, 0.25) is 0 Å². The standard InChI is InChI=1S/C13H11Cl2F3N4O/c14-8-3-9(15)10(19-4-8)6-22-12(23)21-5-7(13(16,17)18)1-2-11(21)20-22/h3-4,7H,1-2,5-6H2/t7-/m1/s1. The molecule has 0 saturated carbocycles. The molecule has 0 spiro atoms. The van der Waals surface area contributed by atoms with Crippen molar-refractivity contribution >= 4 is 23.2 Å². The third-order valence-corrected chi connectivity index (χ3v) is 4.30. The maximum Gasteiger partial charge on any atom is 0.393 e. The molecule has 0 radical (unpaired) electrons. The Morgan fingerprint density at radius 1 is 1.35 bits per heavy atom. The van der Waals surface area contributed by atoms with Crippen molar-refractivity contribution in [2.24, 2.45) is 5.92 Å². The molecular formula is C13H11Cl2F3N4O. The van der Waals surface area contributed by atoms with Crippen LogP contribution in [-0.4, -0.2) is 25.5 Å². The molecule has 23 heavy (non-hydrogen) atoms. The van der Waals surface area contributed by atoms with Gasteiger partial charge in [0.1, 0.15) is 5.82 Å². The molecule has 124 valence electrons. The van der Waals surface area contributed by atoms with E-state index in [1.165, 1.54) is 12.3 Å². The third-order valence-electron chi connectivity index (χ3n) is 3.77. The van der Waals surface area contributed by atoms with Gasteiger partial charge >= 0.3 is 11.9 Å². The highest BCUT2D eigenvalue weighted by atomic mass is 35.5. The van der Waals surface area contributed by atoms with Crippen LogP contribution in [0.1, 0.15) is 17.9 Å². The highest BCUT2D eigenvalue weighted by Crippen LogP contribution is 2.33. The summed E-state index contributed by atoms with van der Waals surface area (Å²) in [6.45, 7) is -0.426. The van der Waals surface area contributed by atoms with E-state index in [-0.39, 0.29) is 24.4 Å². The van der Waals surface area contributed by atoms with Crippen molar-refractivity contribution < 1.29 is 13.2 Å². The van der Waals surface area contributed by atoms with E-state index < -0.39 is 24.3 Å². The molecule has 0 aliphatic carbocycles. The number of nitrogens with zero attached hydrogens (tertiary/aromatic N) is 4. The summed E-state index contributed by atoms with van der Waals surface area (Å²) < 4.78 is 40.6. The molecule has 0 amide bonds. The second kappa shape index (κ2) is 5.83. The molecule has 0 bridgehead atoms. The number of hydrogen-bond donors (Lipinski definition) is 0. The lowest BCUT2D eigenvalue weighted by molar-refractivity contribution is -0.182. The van der Waals surface area contributed by atoms with E-state index in [2.05, 4.69) is 10.1 Å². The summed E-state index contributed by atoms with van der Waals surface area (Å²) >= 11 is 11.7. The van der Waals surface area contributed by atoms with Gasteiger partial charge in [-0.15, -0.1) is 0 Å². The van der Waals surface area contributed by atoms with Crippen LogP contribution in [0.5, 0.6) is 0 Å². The fraction of sp³-hybridized carbons (Fsp3) is 0.462. The minimum Gasteiger partial charge on any atom is -0.278 e. The van der Waals surface area contributed by atoms with Crippen molar-refractivity contribution in [2.45, 2.75) is 32.1 Å². The van der Waals surface area contributed by atoms with E-state index >= 15 is 0 Å². The van der Waals surface area contributed by atoms with E-state index in [4.69, 9.17) is 23.2 Å². The molecule has 2 aromatic heterocycles. The summed E-state index contributed by atoms with van der Waals surface area (Å²) in [4.78, 5) is 16.3. The number of aryl methyl sites for hydroxylation is 1. The highest BCUT2D eigenvalue weighted by Gasteiger charge is 2.42. The first-order valence-electron chi connectivity index (χ1n) is 6.79. The summed E-state index contributed by atoms with van der Waals surface area (Å²) in [5.74, 6) is -1.18. The van der Waals surface area contributed by atoms with Crippen molar-refractivity contribution in [3.05, 3.63) is 44.3 Å². The molecule has 0 aromatic carbocycles. The number of hydrogen-bond acceptors (Lipinski definition) is 3. The molecule has 3 rings (SSSR count). The number of aromatic nitrogens is 4. The van der Waals surface area contributed by atoms with Crippen LogP contribution >= 0.6 is 23.2 Å². The lowest BCUT2D eigenvalue weighted by atomic mass is 9.99. The number of fused-ring (bicyclic) bond motifs is 1. The predicted molar refractivity (Wildman–Crippen MR) is 77.7 cm³/mol. The Bertz CT molecular complexity index is 799. The molecule has 0 unspecified atom stereocenters. The maximum absolute atomic E-state index is 12.8. The monoisotopic (exact) mass is 366 g/mol. The minimum absolute atomic E-state index is 0.0223. The third kappa shape index (κ3) is 3.23. The number of pyridine rings is 1. The van der Waals surface area contributed by atoms with Crippen LogP contribution in [0.25, 0.3) is 0 Å². The molecule has 2 aromatic rings. The quantitative estimate of drug-likeness (QED) is 0.820. The van der Waals surface area contributed by atoms with Crippen molar-refractivity contribution in [2.75, 3.05) is 0 Å². The first kappa shape index (κ1) is 16.3. The Balaban J connectivity index is 1.89. The van der Waals surface area contributed by atoms with Crippen LogP contribution in [0.3, 0.4) is 0 Å². The molecule has 5 nitrogen and oxygen atoms in total. The molecule has 1 aliphatic rings. The fourth-order valence-corrected chi connectivity index (χ4v) is 2.98. The van der Waals surface area contributed by atoms with E-state index in [1.807, 2.05) is 0 Å². The summed E-state index contributed by atoms with van der Waals surface area (Å²) in [5, 5.41) is 4.71. The van der Waals surface area contributed by atoms with E-state index in [1.54, 1.807) is 0 Å². The van der Waals surface area contributed by atoms with Gasteiger partial charge < -0.3 is 0 Å². The Hall–Kier alpha value is -1.54. The van der Waals surface area contributed by atoms with Crippen LogP contribution in [0.4, 0.5) is 13.2 Å². The van der Waals surface area contributed by atoms with E-state index in [0.717, 1.165) is 9.25 Å². The van der Waals surface area contributed by atoms with Crippen LogP contribution in [0.15, 0.2) is 17.1 Å². The summed E-state index contributed by atoms with van der Waals surface area (Å²) in [6.07, 6.45) is -2.90. The van der Waals surface area contributed by atoms with E-state index in [0.29, 0.717) is 16.5 Å². The second-order valence-electron chi connectivity index (χ2n) is 5.33. The van der Waals surface area contributed by atoms with Gasteiger partial charge in [-0.25, -0.2) is 9.48 Å². The van der Waals surface area contributed by atoms with Gasteiger partial charge in [0.25, 0.3) is 0 Å². The van der Waals surface area contributed by atoms with Crippen molar-refractivity contribution in [1.82, 2.24) is 19.3 Å². The van der Waals surface area contributed by atoms with Crippen molar-refractivity contribution in [3.8, 4) is 0 Å². The number of halogens is 5. The van der Waals surface area contributed by atoms with Crippen LogP contribution in [-0.2, 0) is 19.5 Å². The molecule has 1 atom stereocenters. The molecule has 0 N–H and O–H groups in total. The lowest BCUT2D eigenvalue weighted by Crippen LogP contribution is -2.36. The molecule has 10 heteroatoms. The predicted octanol–water partition coefficient (Wildman–Crippen LogP) is 2.92. The van der Waals surface area contributed by atoms with Crippen LogP contribution in [0, 0.1) is 5.92 Å². The molecular weight excluding hydrogens is 356 g/mol. The zero-order valence-electron chi connectivity index (χ0n) is 11.6. The zero-order chi connectivity index (χ0) is 16.8. The fourth-order valence-electron chi connectivity index (χ4n) is 2.54. The van der Waals surface area contributed by atoms with Gasteiger partial charge in [0, 0.05) is 19.2 Å². The Morgan fingerprint density at radius 3 is 2.74 bits per heavy atom. The summed E-state index contributed by atoms with van der Waals surface area (Å²) in [5.41, 5.74) is -0.220. The zero-order valence-corrected chi connectivity index (χ0v) is 13.2. The van der Waals surface area contributed by atoms with E-state index in [9.17, 15) is 18.0 Å². The lowest BCUT2D eigenvalue weighted by Gasteiger charge is -2.24. The average molecular weight is 367 g/mol. The van der Waals surface area contributed by atoms with Gasteiger partial charge in [-0.2, -0.15) is 18.3 Å². The largest absolute Gasteiger partial charge is 0.393 e. The minimum atomic E-state index is -4.32. The Morgan fingerprint density at radius 2 is 2.09 bits per heavy atom. The number of rotatable bonds is 2. The maximum atomic E-state index is 12.8. The molecule has 3 heterocycles. The average Bonchev–Trinajstić information content (AvgIpc) is 2.77. The normalized spacial score (nSPS) is 18.0. The smallest absolute Gasteiger partial charge is 0.278 e.